The van der Waals surface area contributed by atoms with Crippen LogP contribution in [0, 0.1) is 0 Å². The van der Waals surface area contributed by atoms with E-state index < -0.39 is 0 Å². The van der Waals surface area contributed by atoms with Gasteiger partial charge in [-0.15, -0.1) is 0 Å². The van der Waals surface area contributed by atoms with Crippen molar-refractivity contribution in [2.75, 3.05) is 33.9 Å². The number of nitrogens with zero attached hydrogens (tertiary/aromatic N) is 2. The summed E-state index contributed by atoms with van der Waals surface area (Å²) in [6.07, 6.45) is 1.47. The molecular weight excluding hydrogens is 206 g/mol. The van der Waals surface area contributed by atoms with E-state index in [4.69, 9.17) is 10.5 Å². The van der Waals surface area contributed by atoms with Crippen LogP contribution in [0.15, 0.2) is 11.4 Å². The molecule has 0 aromatic heterocycles. The predicted molar refractivity (Wildman–Crippen MR) is 60.5 cm³/mol. The van der Waals surface area contributed by atoms with Crippen molar-refractivity contribution in [3.05, 3.63) is 11.4 Å². The third-order valence-corrected chi connectivity index (χ3v) is 3.22. The maximum atomic E-state index is 11.8. The van der Waals surface area contributed by atoms with Crippen LogP contribution >= 0.6 is 0 Å². The minimum Gasteiger partial charge on any atom is -0.383 e. The second kappa shape index (κ2) is 4.43. The first-order valence-electron chi connectivity index (χ1n) is 5.64. The lowest BCUT2D eigenvalue weighted by Gasteiger charge is -2.35. The Balaban J connectivity index is 2.26. The van der Waals surface area contributed by atoms with Crippen LogP contribution in [0.25, 0.3) is 0 Å². The second-order valence-electron chi connectivity index (χ2n) is 4.41. The number of carbonyl (C=O) groups excluding carboxylic acids is 1. The third-order valence-electron chi connectivity index (χ3n) is 3.22. The van der Waals surface area contributed by atoms with Crippen molar-refractivity contribution in [2.45, 2.75) is 18.9 Å². The van der Waals surface area contributed by atoms with E-state index >= 15 is 0 Å². The molecule has 1 fully saturated rings. The highest BCUT2D eigenvalue weighted by Gasteiger charge is 2.36. The first-order chi connectivity index (χ1) is 7.65. The van der Waals surface area contributed by atoms with Crippen molar-refractivity contribution < 1.29 is 9.53 Å². The molecule has 2 heterocycles. The van der Waals surface area contributed by atoms with E-state index in [1.54, 1.807) is 7.11 Å². The summed E-state index contributed by atoms with van der Waals surface area (Å²) in [6.45, 7) is 2.28. The summed E-state index contributed by atoms with van der Waals surface area (Å²) in [4.78, 5) is 15.8. The average molecular weight is 225 g/mol. The van der Waals surface area contributed by atoms with Gasteiger partial charge >= 0.3 is 0 Å². The van der Waals surface area contributed by atoms with Crippen molar-refractivity contribution in [3.63, 3.8) is 0 Å². The highest BCUT2D eigenvalue weighted by Crippen LogP contribution is 2.30. The van der Waals surface area contributed by atoms with Crippen LogP contribution in [-0.4, -0.2) is 55.6 Å². The highest BCUT2D eigenvalue weighted by molar-refractivity contribution is 5.84. The van der Waals surface area contributed by atoms with Crippen LogP contribution < -0.4 is 5.73 Å². The van der Waals surface area contributed by atoms with Crippen LogP contribution in [-0.2, 0) is 9.53 Å². The van der Waals surface area contributed by atoms with Crippen molar-refractivity contribution in [2.24, 2.45) is 5.73 Å². The van der Waals surface area contributed by atoms with Crippen molar-refractivity contribution in [3.8, 4) is 0 Å². The first kappa shape index (κ1) is 11.4. The lowest BCUT2D eigenvalue weighted by molar-refractivity contribution is -0.128. The van der Waals surface area contributed by atoms with Gasteiger partial charge < -0.3 is 15.4 Å². The Hall–Kier alpha value is -1.07. The van der Waals surface area contributed by atoms with Gasteiger partial charge in [-0.3, -0.25) is 9.69 Å². The Morgan fingerprint density at radius 2 is 2.25 bits per heavy atom. The number of amides is 1. The molecule has 90 valence electrons. The quantitative estimate of drug-likeness (QED) is 0.719. The highest BCUT2D eigenvalue weighted by atomic mass is 16.5. The summed E-state index contributed by atoms with van der Waals surface area (Å²) in [6, 6.07) is -0.172. The summed E-state index contributed by atoms with van der Waals surface area (Å²) in [5.74, 6) is 1.18. The molecule has 5 nitrogen and oxygen atoms in total. The van der Waals surface area contributed by atoms with Gasteiger partial charge in [0.25, 0.3) is 0 Å². The molecule has 5 heteroatoms. The lowest BCUT2D eigenvalue weighted by Crippen LogP contribution is -2.41. The van der Waals surface area contributed by atoms with Gasteiger partial charge in [0.15, 0.2) is 0 Å². The molecule has 0 saturated carbocycles. The van der Waals surface area contributed by atoms with Crippen molar-refractivity contribution in [1.29, 1.82) is 0 Å². The Morgan fingerprint density at radius 3 is 2.94 bits per heavy atom. The van der Waals surface area contributed by atoms with Gasteiger partial charge in [-0.25, -0.2) is 0 Å². The first-order valence-corrected chi connectivity index (χ1v) is 5.64. The van der Waals surface area contributed by atoms with E-state index in [1.165, 1.54) is 0 Å². The molecule has 1 amide bonds. The zero-order valence-electron chi connectivity index (χ0n) is 9.90. The van der Waals surface area contributed by atoms with E-state index in [0.29, 0.717) is 13.0 Å². The fraction of sp³-hybridized carbons (Fsp3) is 0.727. The van der Waals surface area contributed by atoms with E-state index in [1.807, 2.05) is 11.9 Å². The topological polar surface area (TPSA) is 58.8 Å². The normalized spacial score (nSPS) is 22.8. The summed E-state index contributed by atoms with van der Waals surface area (Å²) >= 11 is 0. The molecule has 0 radical (unpaired) electrons. The Kier molecular flexibility index (Phi) is 3.16. The molecule has 2 aliphatic heterocycles. The molecule has 0 spiro atoms. The van der Waals surface area contributed by atoms with Gasteiger partial charge in [0.2, 0.25) is 5.91 Å². The second-order valence-corrected chi connectivity index (χ2v) is 4.41. The van der Waals surface area contributed by atoms with Crippen LogP contribution in [0.2, 0.25) is 0 Å². The molecule has 16 heavy (non-hydrogen) atoms. The SMILES string of the molecule is COCC(N)C1=C2N(C)CCCN2C(=O)C1. The number of carbonyl (C=O) groups is 1. The molecule has 1 saturated heterocycles. The smallest absolute Gasteiger partial charge is 0.232 e. The standard InChI is InChI=1S/C11H19N3O2/c1-13-4-3-5-14-10(15)6-8(11(13)14)9(12)7-16-2/h9H,3-7,12H2,1-2H3. The molecule has 2 rings (SSSR count). The maximum Gasteiger partial charge on any atom is 0.232 e. The Labute approximate surface area is 95.8 Å². The number of rotatable bonds is 3. The van der Waals surface area contributed by atoms with Gasteiger partial charge in [-0.05, 0) is 12.0 Å². The zero-order chi connectivity index (χ0) is 11.7. The number of ether oxygens (including phenoxy) is 1. The predicted octanol–water partition coefficient (Wildman–Crippen LogP) is -0.260. The molecule has 2 N–H and O–H groups in total. The molecule has 2 aliphatic rings. The fourth-order valence-corrected chi connectivity index (χ4v) is 2.46. The van der Waals surface area contributed by atoms with Gasteiger partial charge in [-0.1, -0.05) is 0 Å². The number of hydrogen-bond donors (Lipinski definition) is 1. The number of methoxy groups -OCH3 is 1. The van der Waals surface area contributed by atoms with Crippen LogP contribution in [0.5, 0.6) is 0 Å². The Morgan fingerprint density at radius 1 is 1.50 bits per heavy atom. The van der Waals surface area contributed by atoms with Crippen LogP contribution in [0.3, 0.4) is 0 Å². The van der Waals surface area contributed by atoms with Crippen LogP contribution in [0.1, 0.15) is 12.8 Å². The fourth-order valence-electron chi connectivity index (χ4n) is 2.46. The number of hydrogen-bond acceptors (Lipinski definition) is 4. The van der Waals surface area contributed by atoms with E-state index in [9.17, 15) is 4.79 Å². The van der Waals surface area contributed by atoms with Crippen molar-refractivity contribution >= 4 is 5.91 Å². The van der Waals surface area contributed by atoms with Crippen molar-refractivity contribution in [1.82, 2.24) is 9.80 Å². The molecule has 0 aliphatic carbocycles. The summed E-state index contributed by atoms with van der Waals surface area (Å²) in [7, 11) is 3.64. The molecule has 1 atom stereocenters. The summed E-state index contributed by atoms with van der Waals surface area (Å²) < 4.78 is 5.06. The van der Waals surface area contributed by atoms with Gasteiger partial charge in [-0.2, -0.15) is 0 Å². The summed E-state index contributed by atoms with van der Waals surface area (Å²) in [5, 5.41) is 0. The minimum absolute atomic E-state index is 0.170. The van der Waals surface area contributed by atoms with Crippen LogP contribution in [0.4, 0.5) is 0 Å². The molecule has 1 unspecified atom stereocenters. The number of nitrogens with two attached hydrogens (primary N) is 1. The zero-order valence-corrected chi connectivity index (χ0v) is 9.90. The largest absolute Gasteiger partial charge is 0.383 e. The van der Waals surface area contributed by atoms with E-state index in [-0.39, 0.29) is 11.9 Å². The van der Waals surface area contributed by atoms with Gasteiger partial charge in [0, 0.05) is 27.2 Å². The van der Waals surface area contributed by atoms with E-state index in [2.05, 4.69) is 4.90 Å². The van der Waals surface area contributed by atoms with E-state index in [0.717, 1.165) is 30.9 Å². The molecule has 0 aromatic carbocycles. The van der Waals surface area contributed by atoms with Gasteiger partial charge in [0.05, 0.1) is 19.1 Å². The third kappa shape index (κ3) is 1.81. The van der Waals surface area contributed by atoms with Gasteiger partial charge in [0.1, 0.15) is 5.82 Å². The molecular formula is C11H19N3O2. The number of fused-ring (bicyclic) bond motifs is 1. The minimum atomic E-state index is -0.172. The Bertz CT molecular complexity index is 327. The maximum absolute atomic E-state index is 11.8. The monoisotopic (exact) mass is 225 g/mol. The molecule has 0 bridgehead atoms. The summed E-state index contributed by atoms with van der Waals surface area (Å²) in [5.41, 5.74) is 7.05. The average Bonchev–Trinajstić information content (AvgIpc) is 2.58. The lowest BCUT2D eigenvalue weighted by atomic mass is 10.1. The molecule has 0 aromatic rings.